The number of ether oxygens (including phenoxy) is 1. The number of aromatic nitrogens is 4. The number of carbonyl (C=O) groups is 4. The number of benzene rings is 3. The molecule has 348 valence electrons. The summed E-state index contributed by atoms with van der Waals surface area (Å²) >= 11 is 0. The molecule has 0 unspecified atom stereocenters. The highest BCUT2D eigenvalue weighted by molar-refractivity contribution is 5.87. The highest BCUT2D eigenvalue weighted by atomic mass is 16.5. The zero-order chi connectivity index (χ0) is 47.2. The number of imidazole rings is 2. The molecule has 4 amide bonds. The largest absolute Gasteiger partial charge is 0.465 e. The highest BCUT2D eigenvalue weighted by Crippen LogP contribution is 2.48. The molecule has 5 aromatic rings. The van der Waals surface area contributed by atoms with Crippen LogP contribution in [0.3, 0.4) is 0 Å². The predicted molar refractivity (Wildman–Crippen MR) is 250 cm³/mol. The van der Waals surface area contributed by atoms with Gasteiger partial charge in [0.2, 0.25) is 11.8 Å². The summed E-state index contributed by atoms with van der Waals surface area (Å²) in [7, 11) is 2.75. The van der Waals surface area contributed by atoms with E-state index in [1.807, 2.05) is 70.7 Å². The van der Waals surface area contributed by atoms with Gasteiger partial charge in [-0.05, 0) is 117 Å². The lowest BCUT2D eigenvalue weighted by Gasteiger charge is -2.34. The van der Waals surface area contributed by atoms with E-state index in [4.69, 9.17) is 14.7 Å². The fourth-order valence-corrected chi connectivity index (χ4v) is 10.5. The lowest BCUT2D eigenvalue weighted by atomic mass is 9.86. The Kier molecular flexibility index (Phi) is 12.8. The molecule has 4 N–H and O–H groups in total. The molecule has 16 nitrogen and oxygen atoms in total. The Morgan fingerprint density at radius 3 is 1.76 bits per heavy atom. The molecule has 66 heavy (non-hydrogen) atoms. The molecule has 0 bridgehead atoms. The summed E-state index contributed by atoms with van der Waals surface area (Å²) in [4.78, 5) is 76.3. The van der Waals surface area contributed by atoms with Crippen LogP contribution in [0.15, 0.2) is 60.7 Å². The van der Waals surface area contributed by atoms with E-state index in [1.165, 1.54) is 14.2 Å². The van der Waals surface area contributed by atoms with Crippen LogP contribution < -0.4 is 10.2 Å². The number of methoxy groups -OCH3 is 1. The first-order valence-corrected chi connectivity index (χ1v) is 23.2. The zero-order valence-corrected chi connectivity index (χ0v) is 39.2. The van der Waals surface area contributed by atoms with Gasteiger partial charge >= 0.3 is 12.2 Å². The van der Waals surface area contributed by atoms with Crippen molar-refractivity contribution in [1.82, 2.24) is 40.0 Å². The van der Waals surface area contributed by atoms with Gasteiger partial charge in [-0.1, -0.05) is 52.0 Å². The molecule has 5 heterocycles. The van der Waals surface area contributed by atoms with Crippen molar-refractivity contribution in [3.05, 3.63) is 89.0 Å². The van der Waals surface area contributed by atoms with Gasteiger partial charge < -0.3 is 39.8 Å². The lowest BCUT2D eigenvalue weighted by molar-refractivity contribution is -0.138. The number of aromatic amines is 2. The number of nitrogens with zero attached hydrogens (tertiary/aromatic N) is 7. The number of carboxylic acid groups (broad SMARTS) is 1. The van der Waals surface area contributed by atoms with Crippen LogP contribution >= 0.6 is 0 Å². The molecule has 16 heteroatoms. The first-order chi connectivity index (χ1) is 31.5. The van der Waals surface area contributed by atoms with Gasteiger partial charge in [0.25, 0.3) is 0 Å². The Morgan fingerprint density at radius 1 is 0.788 bits per heavy atom. The number of likely N-dealkylation sites (tertiary alicyclic amines) is 2. The molecule has 0 saturated carbocycles. The molecular formula is C50H62N10O6. The second kappa shape index (κ2) is 18.3. The fraction of sp³-hybridized carbons (Fsp3) is 0.500. The number of H-pyrrole nitrogens is 2. The third-order valence-corrected chi connectivity index (χ3v) is 14.1. The van der Waals surface area contributed by atoms with Crippen molar-refractivity contribution in [2.75, 3.05) is 32.1 Å². The van der Waals surface area contributed by atoms with Crippen LogP contribution in [-0.4, -0.2) is 103 Å². The lowest BCUT2D eigenvalue weighted by Crippen LogP contribution is -2.51. The molecule has 3 aromatic carbocycles. The van der Waals surface area contributed by atoms with E-state index in [0.29, 0.717) is 18.9 Å². The van der Waals surface area contributed by atoms with E-state index in [0.717, 1.165) is 93.7 Å². The van der Waals surface area contributed by atoms with Gasteiger partial charge in [-0.15, -0.1) is 0 Å². The number of alkyl carbamates (subject to hydrolysis) is 1. The third-order valence-electron chi connectivity index (χ3n) is 14.1. The molecule has 3 aliphatic rings. The van der Waals surface area contributed by atoms with E-state index in [1.54, 1.807) is 4.90 Å². The number of hydrogen-bond acceptors (Lipinski definition) is 9. The number of nitriles is 1. The van der Waals surface area contributed by atoms with Crippen molar-refractivity contribution in [3.63, 3.8) is 0 Å². The van der Waals surface area contributed by atoms with Crippen LogP contribution in [0.2, 0.25) is 0 Å². The van der Waals surface area contributed by atoms with E-state index in [2.05, 4.69) is 62.7 Å². The standard InChI is InChI=1S/C50H62N10O6/c1-28(2)42(56-48(63)66-8)46(61)58-23-9-11-40(58)44-52-34-19-13-30(25-36(34)54-44)38-21-22-39(60(38)33-17-15-32(16-18-33)50(5,6)27-51)31-14-20-35-37(26-31)55-45(53-35)41-12-10-24-59(41)47(62)43(29(3)4)57(7)49(64)65/h13-20,25-26,28-29,38-43H,9-12,21-24H2,1-8H3,(H,52,54)(H,53,55)(H,56,63)(H,64,65)/t38-,39-,40+,41+,42+,43+/m1/s1. The summed E-state index contributed by atoms with van der Waals surface area (Å²) in [6.07, 6.45) is 3.05. The van der Waals surface area contributed by atoms with Crippen LogP contribution in [0.4, 0.5) is 15.3 Å². The van der Waals surface area contributed by atoms with E-state index in [9.17, 15) is 29.5 Å². The summed E-state index contributed by atoms with van der Waals surface area (Å²) in [6, 6.07) is 21.3. The summed E-state index contributed by atoms with van der Waals surface area (Å²) in [6.45, 7) is 12.5. The molecule has 0 spiro atoms. The van der Waals surface area contributed by atoms with Crippen LogP contribution in [-0.2, 0) is 19.7 Å². The van der Waals surface area contributed by atoms with Crippen molar-refractivity contribution in [2.45, 2.75) is 122 Å². The average molecular weight is 899 g/mol. The van der Waals surface area contributed by atoms with Gasteiger partial charge in [-0.2, -0.15) is 5.26 Å². The molecule has 0 radical (unpaired) electrons. The smallest absolute Gasteiger partial charge is 0.407 e. The second-order valence-electron chi connectivity index (χ2n) is 19.4. The Labute approximate surface area is 385 Å². The minimum atomic E-state index is -1.14. The molecule has 6 atom stereocenters. The number of nitrogens with one attached hydrogen (secondary N) is 3. The van der Waals surface area contributed by atoms with Crippen molar-refractivity contribution in [1.29, 1.82) is 5.26 Å². The number of anilines is 1. The highest BCUT2D eigenvalue weighted by Gasteiger charge is 2.41. The molecule has 0 aliphatic carbocycles. The van der Waals surface area contributed by atoms with Crippen molar-refractivity contribution in [2.24, 2.45) is 11.8 Å². The third kappa shape index (κ3) is 8.63. The number of likely N-dealkylation sites (N-methyl/N-ethyl adjacent to an activating group) is 1. The van der Waals surface area contributed by atoms with Crippen LogP contribution in [0.5, 0.6) is 0 Å². The molecular weight excluding hydrogens is 837 g/mol. The van der Waals surface area contributed by atoms with Gasteiger partial charge in [0, 0.05) is 25.8 Å². The van der Waals surface area contributed by atoms with Crippen molar-refractivity contribution in [3.8, 4) is 6.07 Å². The van der Waals surface area contributed by atoms with Gasteiger partial charge in [0.05, 0.1) is 64.8 Å². The van der Waals surface area contributed by atoms with Crippen LogP contribution in [0.1, 0.15) is 133 Å². The van der Waals surface area contributed by atoms with Crippen molar-refractivity contribution < 1.29 is 29.0 Å². The number of rotatable bonds is 12. The normalized spacial score (nSPS) is 20.9. The molecule has 3 aliphatic heterocycles. The molecule has 3 saturated heterocycles. The topological polar surface area (TPSA) is 204 Å². The quantitative estimate of drug-likeness (QED) is 0.0938. The Hall–Kier alpha value is -6.63. The van der Waals surface area contributed by atoms with Crippen LogP contribution in [0, 0.1) is 23.2 Å². The van der Waals surface area contributed by atoms with Crippen LogP contribution in [0.25, 0.3) is 22.1 Å². The predicted octanol–water partition coefficient (Wildman–Crippen LogP) is 8.67. The number of amides is 4. The first-order valence-electron chi connectivity index (χ1n) is 23.2. The van der Waals surface area contributed by atoms with Gasteiger partial charge in [0.1, 0.15) is 23.7 Å². The van der Waals surface area contributed by atoms with Crippen molar-refractivity contribution >= 4 is 51.8 Å². The molecule has 3 fully saturated rings. The van der Waals surface area contributed by atoms with E-state index < -0.39 is 29.7 Å². The van der Waals surface area contributed by atoms with Gasteiger partial charge in [-0.3, -0.25) is 14.5 Å². The zero-order valence-electron chi connectivity index (χ0n) is 39.2. The average Bonchev–Trinajstić information content (AvgIpc) is 4.16. The maximum atomic E-state index is 13.9. The fourth-order valence-electron chi connectivity index (χ4n) is 10.5. The summed E-state index contributed by atoms with van der Waals surface area (Å²) < 4.78 is 4.82. The Bertz CT molecular complexity index is 2660. The Balaban J connectivity index is 1.10. The number of hydrogen-bond donors (Lipinski definition) is 4. The Morgan fingerprint density at radius 2 is 1.30 bits per heavy atom. The minimum absolute atomic E-state index is 0.00866. The maximum Gasteiger partial charge on any atom is 0.407 e. The van der Waals surface area contributed by atoms with E-state index >= 15 is 0 Å². The summed E-state index contributed by atoms with van der Waals surface area (Å²) in [5, 5.41) is 22.4. The summed E-state index contributed by atoms with van der Waals surface area (Å²) in [5.41, 5.74) is 6.90. The monoisotopic (exact) mass is 898 g/mol. The SMILES string of the molecule is COC(=O)N[C@H](C(=O)N1CCC[C@H]1c1nc2ccc([C@H]3CC[C@H](c4ccc5nc([C@@H]6CCCN6C(=O)[C@H](C(C)C)N(C)C(=O)O)[nH]c5c4)N3c3ccc(C(C)(C)C#N)cc3)cc2[nH]1)C(C)C. The number of carbonyl (C=O) groups excluding carboxylic acids is 3. The maximum absolute atomic E-state index is 13.9. The minimum Gasteiger partial charge on any atom is -0.465 e. The number of fused-ring (bicyclic) bond motifs is 2. The molecule has 2 aromatic heterocycles. The second-order valence-corrected chi connectivity index (χ2v) is 19.4. The van der Waals surface area contributed by atoms with E-state index in [-0.39, 0.29) is 47.8 Å². The van der Waals surface area contributed by atoms with Gasteiger partial charge in [0.15, 0.2) is 0 Å². The summed E-state index contributed by atoms with van der Waals surface area (Å²) in [5.74, 6) is 0.708. The molecule has 8 rings (SSSR count). The van der Waals surface area contributed by atoms with Gasteiger partial charge in [-0.25, -0.2) is 19.6 Å². The first kappa shape index (κ1) is 45.9.